The Kier molecular flexibility index (Phi) is 5.58. The van der Waals surface area contributed by atoms with E-state index in [1.165, 1.54) is 0 Å². The van der Waals surface area contributed by atoms with E-state index in [0.29, 0.717) is 12.4 Å². The maximum Gasteiger partial charge on any atom is 0.331 e. The molecule has 1 heterocycles. The van der Waals surface area contributed by atoms with Crippen LogP contribution in [0.1, 0.15) is 11.1 Å². The van der Waals surface area contributed by atoms with Crippen molar-refractivity contribution in [1.29, 1.82) is 0 Å². The Hall–Kier alpha value is -4.05. The Balaban J connectivity index is 1.26. The number of rotatable bonds is 6. The lowest BCUT2D eigenvalue weighted by Gasteiger charge is -2.31. The van der Waals surface area contributed by atoms with Gasteiger partial charge in [-0.1, -0.05) is 66.7 Å². The van der Waals surface area contributed by atoms with Crippen molar-refractivity contribution in [3.63, 3.8) is 0 Å². The molecule has 1 aliphatic carbocycles. The Labute approximate surface area is 187 Å². The fourth-order valence-corrected chi connectivity index (χ4v) is 3.90. The van der Waals surface area contributed by atoms with Crippen molar-refractivity contribution in [2.24, 2.45) is 5.92 Å². The van der Waals surface area contributed by atoms with Gasteiger partial charge in [-0.3, -0.25) is 0 Å². The lowest BCUT2D eigenvalue weighted by Crippen LogP contribution is -2.31. The number of esters is 1. The van der Waals surface area contributed by atoms with E-state index < -0.39 is 0 Å². The predicted molar refractivity (Wildman–Crippen MR) is 123 cm³/mol. The summed E-state index contributed by atoms with van der Waals surface area (Å²) in [7, 11) is 0. The maximum atomic E-state index is 12.2. The molecule has 2 unspecified atom stereocenters. The zero-order valence-corrected chi connectivity index (χ0v) is 17.4. The fraction of sp³-hybridized carbons (Fsp3) is 0.107. The second kappa shape index (κ2) is 8.98. The van der Waals surface area contributed by atoms with Crippen LogP contribution in [-0.4, -0.2) is 12.1 Å². The molecule has 0 fully saturated rings. The number of carbonyl (C=O) groups excluding carboxylic acids is 1. The molecule has 3 aromatic carbocycles. The van der Waals surface area contributed by atoms with Crippen molar-refractivity contribution >= 4 is 11.5 Å². The molecule has 0 N–H and O–H groups in total. The Morgan fingerprint density at radius 1 is 0.844 bits per heavy atom. The van der Waals surface area contributed by atoms with Crippen molar-refractivity contribution < 1.29 is 19.0 Å². The van der Waals surface area contributed by atoms with Crippen LogP contribution in [-0.2, 0) is 20.9 Å². The summed E-state index contributed by atoms with van der Waals surface area (Å²) in [6.07, 6.45) is 7.07. The van der Waals surface area contributed by atoms with Crippen LogP contribution in [0.5, 0.6) is 11.5 Å². The number of para-hydroxylation sites is 1. The molecule has 5 rings (SSSR count). The van der Waals surface area contributed by atoms with Crippen molar-refractivity contribution in [3.8, 4) is 11.5 Å². The summed E-state index contributed by atoms with van der Waals surface area (Å²) >= 11 is 0. The van der Waals surface area contributed by atoms with Gasteiger partial charge < -0.3 is 14.2 Å². The number of ether oxygens (including phenoxy) is 3. The minimum absolute atomic E-state index is 0.0231. The SMILES string of the molecule is O=C1C=C(c2ccccc2)C2C=CC(OCc3cccc(Oc4ccccc4)c3)=CC2O1. The molecule has 0 saturated heterocycles. The van der Waals surface area contributed by atoms with Gasteiger partial charge in [0.25, 0.3) is 0 Å². The summed E-state index contributed by atoms with van der Waals surface area (Å²) in [6, 6.07) is 27.4. The highest BCUT2D eigenvalue weighted by molar-refractivity contribution is 5.94. The lowest BCUT2D eigenvalue weighted by atomic mass is 9.83. The first-order valence-corrected chi connectivity index (χ1v) is 10.6. The number of benzene rings is 3. The van der Waals surface area contributed by atoms with Gasteiger partial charge in [-0.25, -0.2) is 4.79 Å². The van der Waals surface area contributed by atoms with Crippen LogP contribution in [0.4, 0.5) is 0 Å². The minimum Gasteiger partial charge on any atom is -0.489 e. The summed E-state index contributed by atoms with van der Waals surface area (Å²) in [5, 5.41) is 0. The van der Waals surface area contributed by atoms with E-state index in [4.69, 9.17) is 14.2 Å². The number of hydrogen-bond acceptors (Lipinski definition) is 4. The lowest BCUT2D eigenvalue weighted by molar-refractivity contribution is -0.142. The van der Waals surface area contributed by atoms with Crippen LogP contribution in [0.2, 0.25) is 0 Å². The predicted octanol–water partition coefficient (Wildman–Crippen LogP) is 6.07. The van der Waals surface area contributed by atoms with Gasteiger partial charge in [0.2, 0.25) is 0 Å². The molecule has 4 heteroatoms. The van der Waals surface area contributed by atoms with Gasteiger partial charge >= 0.3 is 5.97 Å². The third-order valence-corrected chi connectivity index (χ3v) is 5.42. The molecule has 0 saturated carbocycles. The highest BCUT2D eigenvalue weighted by Crippen LogP contribution is 2.36. The van der Waals surface area contributed by atoms with Crippen LogP contribution in [0.3, 0.4) is 0 Å². The molecule has 4 nitrogen and oxygen atoms in total. The molecule has 3 aromatic rings. The van der Waals surface area contributed by atoms with Crippen molar-refractivity contribution in [3.05, 3.63) is 126 Å². The van der Waals surface area contributed by atoms with E-state index in [1.54, 1.807) is 6.08 Å². The topological polar surface area (TPSA) is 44.8 Å². The minimum atomic E-state index is -0.379. The van der Waals surface area contributed by atoms with Crippen LogP contribution in [0, 0.1) is 5.92 Å². The molecule has 0 aromatic heterocycles. The van der Waals surface area contributed by atoms with Crippen molar-refractivity contribution in [2.75, 3.05) is 0 Å². The molecular weight excluding hydrogens is 400 g/mol. The fourth-order valence-electron chi connectivity index (χ4n) is 3.90. The van der Waals surface area contributed by atoms with E-state index in [-0.39, 0.29) is 18.0 Å². The second-order valence-electron chi connectivity index (χ2n) is 7.67. The van der Waals surface area contributed by atoms with Crippen molar-refractivity contribution in [1.82, 2.24) is 0 Å². The summed E-state index contributed by atoms with van der Waals surface area (Å²) in [5.41, 5.74) is 2.97. The van der Waals surface area contributed by atoms with Crippen molar-refractivity contribution in [2.45, 2.75) is 12.7 Å². The maximum absolute atomic E-state index is 12.2. The van der Waals surface area contributed by atoms with Gasteiger partial charge in [0.05, 0.1) is 0 Å². The number of fused-ring (bicyclic) bond motifs is 1. The standard InChI is InChI=1S/C28H22O4/c29-28-18-26(21-9-3-1-4-10-21)25-15-14-23(17-27(25)32-28)30-19-20-8-7-13-24(16-20)31-22-11-5-2-6-12-22/h1-18,25,27H,19H2. The Morgan fingerprint density at radius 2 is 1.59 bits per heavy atom. The largest absolute Gasteiger partial charge is 0.489 e. The molecular formula is C28H22O4. The zero-order valence-electron chi connectivity index (χ0n) is 17.4. The average Bonchev–Trinajstić information content (AvgIpc) is 2.83. The summed E-state index contributed by atoms with van der Waals surface area (Å²) in [6.45, 7) is 0.384. The quantitative estimate of drug-likeness (QED) is 0.452. The first-order valence-electron chi connectivity index (χ1n) is 10.6. The molecule has 2 aliphatic rings. The average molecular weight is 422 g/mol. The Bertz CT molecular complexity index is 1190. The molecule has 0 amide bonds. The Morgan fingerprint density at radius 3 is 2.41 bits per heavy atom. The van der Waals surface area contributed by atoms with Crippen LogP contribution in [0.15, 0.2) is 115 Å². The highest BCUT2D eigenvalue weighted by Gasteiger charge is 2.32. The third-order valence-electron chi connectivity index (χ3n) is 5.42. The molecule has 1 aliphatic heterocycles. The zero-order chi connectivity index (χ0) is 21.8. The first-order chi connectivity index (χ1) is 15.7. The molecule has 32 heavy (non-hydrogen) atoms. The first kappa shape index (κ1) is 19.9. The number of allylic oxidation sites excluding steroid dienone is 1. The summed E-state index contributed by atoms with van der Waals surface area (Å²) in [4.78, 5) is 12.2. The molecule has 0 spiro atoms. The van der Waals surface area contributed by atoms with Crippen LogP contribution in [0.25, 0.3) is 5.57 Å². The van der Waals surface area contributed by atoms with Crippen LogP contribution >= 0.6 is 0 Å². The normalized spacial score (nSPS) is 19.3. The number of hydrogen-bond donors (Lipinski definition) is 0. The highest BCUT2D eigenvalue weighted by atomic mass is 16.5. The van der Waals surface area contributed by atoms with Gasteiger partial charge in [0, 0.05) is 12.0 Å². The third kappa shape index (κ3) is 4.49. The molecule has 158 valence electrons. The van der Waals surface area contributed by atoms with E-state index in [1.807, 2.05) is 103 Å². The van der Waals surface area contributed by atoms with E-state index in [9.17, 15) is 4.79 Å². The van der Waals surface area contributed by atoms with Gasteiger partial charge in [-0.05, 0) is 53.1 Å². The van der Waals surface area contributed by atoms with Gasteiger partial charge in [0.1, 0.15) is 30.0 Å². The molecule has 0 radical (unpaired) electrons. The molecule has 2 atom stereocenters. The van der Waals surface area contributed by atoms with E-state index in [2.05, 4.69) is 0 Å². The summed E-state index contributed by atoms with van der Waals surface area (Å²) < 4.78 is 17.5. The van der Waals surface area contributed by atoms with Gasteiger partial charge in [-0.15, -0.1) is 0 Å². The second-order valence-corrected chi connectivity index (χ2v) is 7.67. The van der Waals surface area contributed by atoms with E-state index in [0.717, 1.165) is 28.2 Å². The van der Waals surface area contributed by atoms with Crippen LogP contribution < -0.4 is 4.74 Å². The van der Waals surface area contributed by atoms with E-state index >= 15 is 0 Å². The number of carbonyl (C=O) groups is 1. The smallest absolute Gasteiger partial charge is 0.331 e. The summed E-state index contributed by atoms with van der Waals surface area (Å²) in [5.74, 6) is 1.87. The molecule has 0 bridgehead atoms. The van der Waals surface area contributed by atoms with Gasteiger partial charge in [0.15, 0.2) is 0 Å². The monoisotopic (exact) mass is 422 g/mol. The van der Waals surface area contributed by atoms with Gasteiger partial charge in [-0.2, -0.15) is 0 Å².